The molecule has 0 radical (unpaired) electrons. The predicted octanol–water partition coefficient (Wildman–Crippen LogP) is 0.693. The fourth-order valence-electron chi connectivity index (χ4n) is 3.41. The molecule has 3 rings (SSSR count). The molecule has 6 nitrogen and oxygen atoms in total. The third-order valence-corrected chi connectivity index (χ3v) is 9.21. The molecule has 7 heteroatoms. The second-order valence-corrected chi connectivity index (χ2v) is 11.1. The van der Waals surface area contributed by atoms with Gasteiger partial charge in [-0.05, 0) is 0 Å². The van der Waals surface area contributed by atoms with E-state index in [-0.39, 0.29) is 0 Å². The van der Waals surface area contributed by atoms with E-state index in [1.54, 1.807) is 0 Å². The fourth-order valence-corrected chi connectivity index (χ4v) is 7.32. The molecule has 0 bridgehead atoms. The van der Waals surface area contributed by atoms with E-state index >= 15 is 0 Å². The van der Waals surface area contributed by atoms with Crippen molar-refractivity contribution in [1.82, 2.24) is 0 Å². The maximum atomic E-state index is 5.61. The molecule has 3 aromatic carbocycles. The Hall–Kier alpha value is -2.35. The number of rotatable bonds is 12. The topological polar surface area (TPSA) is 114 Å². The molecule has 3 aromatic rings. The molecule has 0 aromatic heterocycles. The van der Waals surface area contributed by atoms with Crippen LogP contribution in [-0.4, -0.2) is 39.3 Å². The van der Waals surface area contributed by atoms with Crippen LogP contribution in [0.1, 0.15) is 0 Å². The zero-order valence-corrected chi connectivity index (χ0v) is 19.5. The molecule has 0 atom stereocenters. The first-order chi connectivity index (χ1) is 15.2. The van der Waals surface area contributed by atoms with Crippen molar-refractivity contribution in [3.05, 3.63) is 72.8 Å². The van der Waals surface area contributed by atoms with Crippen molar-refractivity contribution < 1.29 is 17.9 Å². The van der Waals surface area contributed by atoms with Crippen molar-refractivity contribution in [2.75, 3.05) is 55.2 Å². The van der Waals surface area contributed by atoms with Gasteiger partial charge in [-0.3, -0.25) is 0 Å². The first-order valence-corrected chi connectivity index (χ1v) is 13.1. The monoisotopic (exact) mass is 453 g/mol. The van der Waals surface area contributed by atoms with E-state index < -0.39 is 17.9 Å². The van der Waals surface area contributed by atoms with Crippen LogP contribution in [0.15, 0.2) is 72.8 Å². The van der Waals surface area contributed by atoms with E-state index in [0.29, 0.717) is 19.6 Å². The summed E-state index contributed by atoms with van der Waals surface area (Å²) in [7, 11) is 0. The van der Waals surface area contributed by atoms with E-state index in [9.17, 15) is 0 Å². The molecule has 0 aliphatic heterocycles. The number of hydrogen-bond donors (Lipinski definition) is 6. The zero-order valence-electron chi connectivity index (χ0n) is 17.9. The third-order valence-electron chi connectivity index (χ3n) is 4.94. The van der Waals surface area contributed by atoms with Gasteiger partial charge >= 0.3 is 192 Å². The number of hydrogen-bond acceptors (Lipinski definition) is 6. The van der Waals surface area contributed by atoms with Crippen LogP contribution in [0.2, 0.25) is 0 Å². The van der Waals surface area contributed by atoms with Crippen LogP contribution >= 0.6 is 0 Å². The molecule has 0 amide bonds. The van der Waals surface area contributed by atoms with Crippen LogP contribution in [0.5, 0.6) is 0 Å². The normalized spacial score (nSPS) is 10.5. The molecule has 9 N–H and O–H groups in total. The quantitative estimate of drug-likeness (QED) is 0.225. The van der Waals surface area contributed by atoms with Gasteiger partial charge in [0.15, 0.2) is 0 Å². The molecular formula is C24H33N6Ti. The Morgan fingerprint density at radius 1 is 0.452 bits per heavy atom. The summed E-state index contributed by atoms with van der Waals surface area (Å²) in [6.45, 7) is 4.19. The SMILES string of the molecule is NCCNc1cc[c]([Ti]([c]2ccc(NCCN)cc2)[c]2ccc(NCCN)cc2)cc1. The number of benzene rings is 3. The van der Waals surface area contributed by atoms with Gasteiger partial charge in [0.2, 0.25) is 0 Å². The van der Waals surface area contributed by atoms with Crippen LogP contribution in [0.3, 0.4) is 0 Å². The van der Waals surface area contributed by atoms with Gasteiger partial charge in [0.05, 0.1) is 0 Å². The van der Waals surface area contributed by atoms with Gasteiger partial charge in [-0.2, -0.15) is 0 Å². The summed E-state index contributed by atoms with van der Waals surface area (Å²) in [5, 5.41) is 10.1. The van der Waals surface area contributed by atoms with Crippen LogP contribution in [-0.2, 0) is 17.9 Å². The second-order valence-electron chi connectivity index (χ2n) is 7.25. The molecule has 0 aliphatic rings. The van der Waals surface area contributed by atoms with Gasteiger partial charge in [0.1, 0.15) is 0 Å². The number of nitrogens with two attached hydrogens (primary N) is 3. The van der Waals surface area contributed by atoms with Crippen molar-refractivity contribution in [2.24, 2.45) is 17.2 Å². The van der Waals surface area contributed by atoms with Gasteiger partial charge in [-0.1, -0.05) is 0 Å². The van der Waals surface area contributed by atoms with Crippen LogP contribution in [0.25, 0.3) is 0 Å². The maximum absolute atomic E-state index is 5.61. The average molecular weight is 453 g/mol. The fraction of sp³-hybridized carbons (Fsp3) is 0.250. The van der Waals surface area contributed by atoms with Crippen LogP contribution < -0.4 is 44.8 Å². The van der Waals surface area contributed by atoms with Gasteiger partial charge < -0.3 is 0 Å². The summed E-state index contributed by atoms with van der Waals surface area (Å²) in [6, 6.07) is 26.5. The summed E-state index contributed by atoms with van der Waals surface area (Å²) >= 11 is -1.96. The predicted molar refractivity (Wildman–Crippen MR) is 131 cm³/mol. The summed E-state index contributed by atoms with van der Waals surface area (Å²) in [5.41, 5.74) is 20.2. The molecule has 0 saturated carbocycles. The molecular weight excluding hydrogens is 420 g/mol. The van der Waals surface area contributed by atoms with Crippen molar-refractivity contribution in [3.8, 4) is 0 Å². The van der Waals surface area contributed by atoms with E-state index in [4.69, 9.17) is 17.2 Å². The Kier molecular flexibility index (Phi) is 9.40. The van der Waals surface area contributed by atoms with E-state index in [1.165, 1.54) is 11.6 Å². The van der Waals surface area contributed by atoms with E-state index in [0.717, 1.165) is 36.7 Å². The molecule has 0 heterocycles. The summed E-state index contributed by atoms with van der Waals surface area (Å²) < 4.78 is 4.22. The summed E-state index contributed by atoms with van der Waals surface area (Å²) in [4.78, 5) is 0. The average Bonchev–Trinajstić information content (AvgIpc) is 2.82. The van der Waals surface area contributed by atoms with Crippen molar-refractivity contribution in [3.63, 3.8) is 0 Å². The third kappa shape index (κ3) is 6.82. The van der Waals surface area contributed by atoms with Crippen molar-refractivity contribution in [2.45, 2.75) is 0 Å². The van der Waals surface area contributed by atoms with Crippen molar-refractivity contribution >= 4 is 28.7 Å². The molecule has 0 spiro atoms. The van der Waals surface area contributed by atoms with Gasteiger partial charge in [-0.15, -0.1) is 0 Å². The van der Waals surface area contributed by atoms with Gasteiger partial charge in [0, 0.05) is 0 Å². The van der Waals surface area contributed by atoms with E-state index in [2.05, 4.69) is 88.7 Å². The van der Waals surface area contributed by atoms with Crippen molar-refractivity contribution in [1.29, 1.82) is 0 Å². The van der Waals surface area contributed by atoms with Crippen LogP contribution in [0, 0.1) is 0 Å². The zero-order chi connectivity index (χ0) is 21.9. The second kappa shape index (κ2) is 12.5. The Bertz CT molecular complexity index is 774. The Morgan fingerprint density at radius 3 is 0.935 bits per heavy atom. The summed E-state index contributed by atoms with van der Waals surface area (Å²) in [5.74, 6) is 0. The molecule has 0 unspecified atom stereocenters. The standard InChI is InChI=1S/3C8H11N2.Ti/c3*9-6-7-10-8-4-2-1-3-5-8;/h3*2-5,10H,6-7,9H2;. The molecule has 0 aliphatic carbocycles. The number of nitrogens with one attached hydrogen (secondary N) is 3. The molecule has 0 saturated heterocycles. The Balaban J connectivity index is 1.90. The molecule has 31 heavy (non-hydrogen) atoms. The Morgan fingerprint density at radius 2 is 0.710 bits per heavy atom. The van der Waals surface area contributed by atoms with Crippen LogP contribution in [0.4, 0.5) is 17.1 Å². The molecule has 163 valence electrons. The number of anilines is 3. The first kappa shape index (κ1) is 23.3. The summed E-state index contributed by atoms with van der Waals surface area (Å²) in [6.07, 6.45) is 0. The first-order valence-electron chi connectivity index (χ1n) is 10.7. The minimum absolute atomic E-state index is 0.621. The van der Waals surface area contributed by atoms with Gasteiger partial charge in [0.25, 0.3) is 0 Å². The van der Waals surface area contributed by atoms with E-state index in [1.807, 2.05) is 0 Å². The minimum atomic E-state index is -1.96. The Labute approximate surface area is 191 Å². The van der Waals surface area contributed by atoms with Gasteiger partial charge in [-0.25, -0.2) is 0 Å². The molecule has 0 fully saturated rings.